The summed E-state index contributed by atoms with van der Waals surface area (Å²) in [6.07, 6.45) is 3.33. The third-order valence-electron chi connectivity index (χ3n) is 0.945. The lowest BCUT2D eigenvalue weighted by molar-refractivity contribution is -0.138. The molecule has 4 heteroatoms. The first-order valence-electron chi connectivity index (χ1n) is 2.93. The van der Waals surface area contributed by atoms with Crippen molar-refractivity contribution in [1.29, 1.82) is 0 Å². The molecule has 0 fully saturated rings. The second-order valence-corrected chi connectivity index (χ2v) is 2.11. The lowest BCUT2D eigenvalue weighted by Crippen LogP contribution is -2.34. The van der Waals surface area contributed by atoms with E-state index in [4.69, 9.17) is 5.11 Å². The average Bonchev–Trinajstić information content (AvgIpc) is 1.89. The zero-order valence-electron chi connectivity index (χ0n) is 5.74. The fraction of sp³-hybridized carbons (Fsp3) is 0.500. The van der Waals surface area contributed by atoms with E-state index in [1.165, 1.54) is 0 Å². The molecule has 0 saturated carbocycles. The van der Waals surface area contributed by atoms with Crippen molar-refractivity contribution in [2.75, 3.05) is 5.75 Å². The van der Waals surface area contributed by atoms with Crippen molar-refractivity contribution in [3.8, 4) is 0 Å². The molecule has 0 spiro atoms. The summed E-state index contributed by atoms with van der Waals surface area (Å²) in [5, 5.41) is 11.1. The molecule has 0 aliphatic rings. The Morgan fingerprint density at radius 3 is 2.80 bits per heavy atom. The fourth-order valence-corrected chi connectivity index (χ4v) is 0.676. The molecule has 0 aliphatic heterocycles. The van der Waals surface area contributed by atoms with Crippen LogP contribution in [-0.2, 0) is 4.79 Å². The van der Waals surface area contributed by atoms with Gasteiger partial charge < -0.3 is 10.4 Å². The summed E-state index contributed by atoms with van der Waals surface area (Å²) in [6.45, 7) is 1.81. The summed E-state index contributed by atoms with van der Waals surface area (Å²) in [5.74, 6) is -0.590. The van der Waals surface area contributed by atoms with Crippen LogP contribution >= 0.6 is 12.6 Å². The van der Waals surface area contributed by atoms with Gasteiger partial charge in [-0.1, -0.05) is 6.08 Å². The van der Waals surface area contributed by atoms with Gasteiger partial charge in [-0.2, -0.15) is 12.6 Å². The molecule has 0 aromatic rings. The molecule has 58 valence electrons. The maximum Gasteiger partial charge on any atom is 0.326 e. The highest BCUT2D eigenvalue weighted by Gasteiger charge is 2.11. The van der Waals surface area contributed by atoms with Crippen LogP contribution in [0.15, 0.2) is 12.3 Å². The molecule has 0 saturated heterocycles. The van der Waals surface area contributed by atoms with Crippen LogP contribution in [-0.4, -0.2) is 22.9 Å². The van der Waals surface area contributed by atoms with Crippen LogP contribution in [0, 0.1) is 0 Å². The van der Waals surface area contributed by atoms with Gasteiger partial charge in [-0.3, -0.25) is 0 Å². The minimum atomic E-state index is -0.881. The molecule has 0 aromatic carbocycles. The molecular formula is C6H11NO2S. The van der Waals surface area contributed by atoms with Crippen molar-refractivity contribution in [1.82, 2.24) is 5.32 Å². The highest BCUT2D eigenvalue weighted by atomic mass is 32.1. The SMILES string of the molecule is CC=CN[C@@H](CS)C(=O)O. The van der Waals surface area contributed by atoms with Gasteiger partial charge in [0.15, 0.2) is 0 Å². The van der Waals surface area contributed by atoms with E-state index in [1.54, 1.807) is 12.3 Å². The highest BCUT2D eigenvalue weighted by molar-refractivity contribution is 7.80. The normalized spacial score (nSPS) is 13.4. The molecule has 0 amide bonds. The maximum absolute atomic E-state index is 10.3. The average molecular weight is 161 g/mol. The Hall–Kier alpha value is -0.640. The van der Waals surface area contributed by atoms with Crippen molar-refractivity contribution in [3.63, 3.8) is 0 Å². The molecule has 0 heterocycles. The molecule has 10 heavy (non-hydrogen) atoms. The Bertz CT molecular complexity index is 136. The van der Waals surface area contributed by atoms with E-state index < -0.39 is 12.0 Å². The number of hydrogen-bond donors (Lipinski definition) is 3. The first-order chi connectivity index (χ1) is 4.72. The fourth-order valence-electron chi connectivity index (χ4n) is 0.414. The minimum Gasteiger partial charge on any atom is -0.480 e. The topological polar surface area (TPSA) is 49.3 Å². The molecule has 1 atom stereocenters. The number of carboxylic acid groups (broad SMARTS) is 1. The molecule has 0 rings (SSSR count). The number of rotatable bonds is 4. The Labute approximate surface area is 65.5 Å². The molecule has 0 unspecified atom stereocenters. The lowest BCUT2D eigenvalue weighted by Gasteiger charge is -2.07. The Morgan fingerprint density at radius 2 is 2.50 bits per heavy atom. The summed E-state index contributed by atoms with van der Waals surface area (Å²) < 4.78 is 0. The molecule has 2 N–H and O–H groups in total. The minimum absolute atomic E-state index is 0.291. The summed E-state index contributed by atoms with van der Waals surface area (Å²) in [6, 6.07) is -0.584. The van der Waals surface area contributed by atoms with Gasteiger partial charge in [0.2, 0.25) is 0 Å². The predicted molar refractivity (Wildman–Crippen MR) is 43.2 cm³/mol. The lowest BCUT2D eigenvalue weighted by atomic mass is 10.3. The standard InChI is InChI=1S/C6H11NO2S/c1-2-3-7-5(4-10)6(8)9/h2-3,5,7,10H,4H2,1H3,(H,8,9)/t5-/m0/s1. The highest BCUT2D eigenvalue weighted by Crippen LogP contribution is 1.87. The Balaban J connectivity index is 3.71. The quantitative estimate of drug-likeness (QED) is 0.526. The van der Waals surface area contributed by atoms with Gasteiger partial charge >= 0.3 is 5.97 Å². The van der Waals surface area contributed by atoms with E-state index in [0.29, 0.717) is 5.75 Å². The van der Waals surface area contributed by atoms with E-state index in [2.05, 4.69) is 17.9 Å². The van der Waals surface area contributed by atoms with E-state index in [-0.39, 0.29) is 0 Å². The van der Waals surface area contributed by atoms with Crippen molar-refractivity contribution in [2.45, 2.75) is 13.0 Å². The number of carbonyl (C=O) groups is 1. The van der Waals surface area contributed by atoms with Crippen LogP contribution in [0.4, 0.5) is 0 Å². The summed E-state index contributed by atoms with van der Waals surface area (Å²) in [5.41, 5.74) is 0. The molecule has 0 radical (unpaired) electrons. The zero-order chi connectivity index (χ0) is 7.98. The second-order valence-electron chi connectivity index (χ2n) is 1.74. The number of thiol groups is 1. The number of hydrogen-bond acceptors (Lipinski definition) is 3. The van der Waals surface area contributed by atoms with Crippen LogP contribution in [0.3, 0.4) is 0 Å². The van der Waals surface area contributed by atoms with Crippen LogP contribution in [0.2, 0.25) is 0 Å². The summed E-state index contributed by atoms with van der Waals surface area (Å²) in [4.78, 5) is 10.3. The van der Waals surface area contributed by atoms with Crippen molar-refractivity contribution in [2.24, 2.45) is 0 Å². The van der Waals surface area contributed by atoms with Crippen LogP contribution in [0.5, 0.6) is 0 Å². The third kappa shape index (κ3) is 3.40. The van der Waals surface area contributed by atoms with E-state index in [9.17, 15) is 4.79 Å². The first kappa shape index (κ1) is 9.36. The Morgan fingerprint density at radius 1 is 1.90 bits per heavy atom. The van der Waals surface area contributed by atoms with Crippen molar-refractivity contribution in [3.05, 3.63) is 12.3 Å². The van der Waals surface area contributed by atoms with Crippen LogP contribution in [0.25, 0.3) is 0 Å². The zero-order valence-corrected chi connectivity index (χ0v) is 6.64. The Kier molecular flexibility index (Phi) is 4.84. The van der Waals surface area contributed by atoms with Gasteiger partial charge in [-0.25, -0.2) is 4.79 Å². The molecular weight excluding hydrogens is 150 g/mol. The van der Waals surface area contributed by atoms with Gasteiger partial charge in [0.1, 0.15) is 6.04 Å². The van der Waals surface area contributed by atoms with Gasteiger partial charge in [0.05, 0.1) is 0 Å². The number of aliphatic carboxylic acids is 1. The number of carboxylic acids is 1. The van der Waals surface area contributed by atoms with Crippen molar-refractivity contribution >= 4 is 18.6 Å². The molecule has 0 bridgehead atoms. The van der Waals surface area contributed by atoms with Gasteiger partial charge in [0.25, 0.3) is 0 Å². The molecule has 3 nitrogen and oxygen atoms in total. The number of allylic oxidation sites excluding steroid dienone is 1. The van der Waals surface area contributed by atoms with Crippen LogP contribution < -0.4 is 5.32 Å². The molecule has 0 aliphatic carbocycles. The first-order valence-corrected chi connectivity index (χ1v) is 3.56. The van der Waals surface area contributed by atoms with Crippen molar-refractivity contribution < 1.29 is 9.90 Å². The second kappa shape index (κ2) is 5.17. The third-order valence-corrected chi connectivity index (χ3v) is 1.31. The largest absolute Gasteiger partial charge is 0.480 e. The van der Waals surface area contributed by atoms with E-state index in [0.717, 1.165) is 0 Å². The van der Waals surface area contributed by atoms with E-state index >= 15 is 0 Å². The van der Waals surface area contributed by atoms with Gasteiger partial charge in [0, 0.05) is 5.75 Å². The molecule has 0 aromatic heterocycles. The monoisotopic (exact) mass is 161 g/mol. The maximum atomic E-state index is 10.3. The van der Waals surface area contributed by atoms with Gasteiger partial charge in [-0.15, -0.1) is 0 Å². The van der Waals surface area contributed by atoms with E-state index in [1.807, 2.05) is 6.92 Å². The summed E-state index contributed by atoms with van der Waals surface area (Å²) in [7, 11) is 0. The van der Waals surface area contributed by atoms with Crippen LogP contribution in [0.1, 0.15) is 6.92 Å². The predicted octanol–water partition coefficient (Wildman–Crippen LogP) is 0.493. The van der Waals surface area contributed by atoms with Gasteiger partial charge in [-0.05, 0) is 13.1 Å². The number of nitrogens with one attached hydrogen (secondary N) is 1. The smallest absolute Gasteiger partial charge is 0.326 e. The summed E-state index contributed by atoms with van der Waals surface area (Å²) >= 11 is 3.85.